The van der Waals surface area contributed by atoms with E-state index in [4.69, 9.17) is 5.11 Å². The molecule has 1 aromatic carbocycles. The van der Waals surface area contributed by atoms with Crippen LogP contribution in [0.1, 0.15) is 5.56 Å². The number of carboxylic acid groups (broad SMARTS) is 1. The summed E-state index contributed by atoms with van der Waals surface area (Å²) in [4.78, 5) is 11.4. The Bertz CT molecular complexity index is 793. The van der Waals surface area contributed by atoms with Crippen LogP contribution in [0.25, 0.3) is 10.9 Å². The van der Waals surface area contributed by atoms with Crippen LogP contribution in [-0.2, 0) is 28.1 Å². The first-order chi connectivity index (χ1) is 9.74. The Kier molecular flexibility index (Phi) is 4.06. The average molecular weight is 310 g/mol. The highest BCUT2D eigenvalue weighted by Gasteiger charge is 2.19. The number of hydrogen-bond donors (Lipinski definition) is 2. The summed E-state index contributed by atoms with van der Waals surface area (Å²) in [5.74, 6) is -0.936. The number of aliphatic carboxylic acids is 1. The van der Waals surface area contributed by atoms with E-state index in [2.05, 4.69) is 5.32 Å². The Morgan fingerprint density at radius 2 is 2.10 bits per heavy atom. The highest BCUT2D eigenvalue weighted by molar-refractivity contribution is 7.90. The molecule has 1 unspecified atom stereocenters. The lowest BCUT2D eigenvalue weighted by Gasteiger charge is -2.10. The molecule has 0 aliphatic heterocycles. The number of carbonyl (C=O) groups is 1. The second kappa shape index (κ2) is 5.50. The largest absolute Gasteiger partial charge is 0.480 e. The Hall–Kier alpha value is -1.86. The van der Waals surface area contributed by atoms with Crippen LogP contribution in [0.4, 0.5) is 0 Å². The third kappa shape index (κ3) is 3.08. The van der Waals surface area contributed by atoms with Crippen molar-refractivity contribution >= 4 is 26.7 Å². The van der Waals surface area contributed by atoms with E-state index in [1.807, 2.05) is 17.8 Å². The van der Waals surface area contributed by atoms with E-state index in [0.29, 0.717) is 0 Å². The number of nitrogens with one attached hydrogen (secondary N) is 1. The van der Waals surface area contributed by atoms with Gasteiger partial charge < -0.3 is 15.0 Å². The van der Waals surface area contributed by atoms with Crippen LogP contribution >= 0.6 is 0 Å². The predicted octanol–water partition coefficient (Wildman–Crippen LogP) is 0.797. The minimum Gasteiger partial charge on any atom is -0.480 e. The molecular formula is C14H18N2O4S. The molecule has 2 N–H and O–H groups in total. The first-order valence-corrected chi connectivity index (χ1v) is 8.31. The number of hydrogen-bond acceptors (Lipinski definition) is 4. The topological polar surface area (TPSA) is 88.4 Å². The lowest BCUT2D eigenvalue weighted by molar-refractivity contribution is -0.139. The Balaban J connectivity index is 2.56. The SMILES string of the molecule is CNC(Cc1cn(C)c2ccc(S(C)(=O)=O)cc12)C(=O)O. The maximum absolute atomic E-state index is 11.7. The van der Waals surface area contributed by atoms with Gasteiger partial charge in [-0.25, -0.2) is 8.42 Å². The van der Waals surface area contributed by atoms with Crippen LogP contribution in [0.2, 0.25) is 0 Å². The number of rotatable bonds is 5. The van der Waals surface area contributed by atoms with E-state index in [-0.39, 0.29) is 11.3 Å². The predicted molar refractivity (Wildman–Crippen MR) is 80.2 cm³/mol. The molecule has 7 heteroatoms. The number of benzene rings is 1. The van der Waals surface area contributed by atoms with Crippen molar-refractivity contribution in [2.45, 2.75) is 17.4 Å². The van der Waals surface area contributed by atoms with Gasteiger partial charge in [0, 0.05) is 36.8 Å². The van der Waals surface area contributed by atoms with Gasteiger partial charge in [0.25, 0.3) is 0 Å². The van der Waals surface area contributed by atoms with Crippen molar-refractivity contribution in [1.29, 1.82) is 0 Å². The van der Waals surface area contributed by atoms with E-state index < -0.39 is 21.8 Å². The molecule has 0 fully saturated rings. The lowest BCUT2D eigenvalue weighted by atomic mass is 10.1. The van der Waals surface area contributed by atoms with Gasteiger partial charge in [-0.2, -0.15) is 0 Å². The van der Waals surface area contributed by atoms with Crippen LogP contribution in [0.5, 0.6) is 0 Å². The van der Waals surface area contributed by atoms with Crippen LogP contribution in [0, 0.1) is 0 Å². The van der Waals surface area contributed by atoms with Crippen molar-refractivity contribution in [3.8, 4) is 0 Å². The fraction of sp³-hybridized carbons (Fsp3) is 0.357. The molecule has 0 saturated carbocycles. The summed E-state index contributed by atoms with van der Waals surface area (Å²) in [6.07, 6.45) is 3.28. The second-order valence-electron chi connectivity index (χ2n) is 5.10. The third-order valence-corrected chi connectivity index (χ3v) is 4.65. The summed E-state index contributed by atoms with van der Waals surface area (Å²) in [5.41, 5.74) is 1.68. The molecule has 1 atom stereocenters. The fourth-order valence-electron chi connectivity index (χ4n) is 2.38. The molecule has 0 aliphatic carbocycles. The first kappa shape index (κ1) is 15.5. The Morgan fingerprint density at radius 3 is 2.62 bits per heavy atom. The van der Waals surface area contributed by atoms with Crippen LogP contribution < -0.4 is 5.32 Å². The van der Waals surface area contributed by atoms with E-state index in [0.717, 1.165) is 22.7 Å². The summed E-state index contributed by atoms with van der Waals surface area (Å²) in [6.45, 7) is 0. The van der Waals surface area contributed by atoms with Crippen molar-refractivity contribution in [2.24, 2.45) is 7.05 Å². The van der Waals surface area contributed by atoms with Crippen LogP contribution in [0.3, 0.4) is 0 Å². The standard InChI is InChI=1S/C14H18N2O4S/c1-15-12(14(17)18)6-9-8-16(2)13-5-4-10(7-11(9)13)21(3,19)20/h4-5,7-8,12,15H,6H2,1-3H3,(H,17,18). The summed E-state index contributed by atoms with van der Waals surface area (Å²) in [6, 6.07) is 4.20. The highest BCUT2D eigenvalue weighted by atomic mass is 32.2. The summed E-state index contributed by atoms with van der Waals surface area (Å²) in [7, 11) is 0.144. The summed E-state index contributed by atoms with van der Waals surface area (Å²) >= 11 is 0. The van der Waals surface area contributed by atoms with Gasteiger partial charge in [0.05, 0.1) is 4.90 Å². The van der Waals surface area contributed by atoms with Crippen molar-refractivity contribution < 1.29 is 18.3 Å². The minimum atomic E-state index is -3.29. The van der Waals surface area contributed by atoms with Crippen molar-refractivity contribution in [3.05, 3.63) is 30.0 Å². The molecule has 6 nitrogen and oxygen atoms in total. The number of aryl methyl sites for hydroxylation is 1. The number of fused-ring (bicyclic) bond motifs is 1. The number of aromatic nitrogens is 1. The molecule has 1 aromatic heterocycles. The first-order valence-electron chi connectivity index (χ1n) is 6.42. The van der Waals surface area contributed by atoms with Gasteiger partial charge >= 0.3 is 5.97 Å². The highest BCUT2D eigenvalue weighted by Crippen LogP contribution is 2.25. The van der Waals surface area contributed by atoms with Gasteiger partial charge in [-0.3, -0.25) is 4.79 Å². The van der Waals surface area contributed by atoms with Gasteiger partial charge in [0.15, 0.2) is 9.84 Å². The van der Waals surface area contributed by atoms with Gasteiger partial charge in [-0.1, -0.05) is 0 Å². The molecule has 1 heterocycles. The van der Waals surface area contributed by atoms with E-state index in [1.54, 1.807) is 25.2 Å². The molecule has 21 heavy (non-hydrogen) atoms. The monoisotopic (exact) mass is 310 g/mol. The minimum absolute atomic E-state index is 0.235. The maximum atomic E-state index is 11.7. The van der Waals surface area contributed by atoms with Crippen LogP contribution in [0.15, 0.2) is 29.3 Å². The molecule has 2 aromatic rings. The molecule has 114 valence electrons. The molecular weight excluding hydrogens is 292 g/mol. The third-order valence-electron chi connectivity index (χ3n) is 3.54. The van der Waals surface area contributed by atoms with Crippen molar-refractivity contribution in [1.82, 2.24) is 9.88 Å². The van der Waals surface area contributed by atoms with Crippen molar-refractivity contribution in [3.63, 3.8) is 0 Å². The van der Waals surface area contributed by atoms with Crippen molar-refractivity contribution in [2.75, 3.05) is 13.3 Å². The quantitative estimate of drug-likeness (QED) is 0.852. The van der Waals surface area contributed by atoms with E-state index in [1.165, 1.54) is 0 Å². The maximum Gasteiger partial charge on any atom is 0.321 e. The van der Waals surface area contributed by atoms with Gasteiger partial charge in [-0.05, 0) is 30.8 Å². The van der Waals surface area contributed by atoms with Gasteiger partial charge in [-0.15, -0.1) is 0 Å². The molecule has 0 spiro atoms. The number of carboxylic acids is 1. The number of nitrogens with zero attached hydrogens (tertiary/aromatic N) is 1. The average Bonchev–Trinajstić information content (AvgIpc) is 2.71. The molecule has 0 radical (unpaired) electrons. The van der Waals surface area contributed by atoms with Gasteiger partial charge in [0.2, 0.25) is 0 Å². The Labute approximate surface area is 123 Å². The Morgan fingerprint density at radius 1 is 1.43 bits per heavy atom. The molecule has 0 aliphatic rings. The molecule has 0 saturated heterocycles. The van der Waals surface area contributed by atoms with E-state index in [9.17, 15) is 13.2 Å². The number of sulfone groups is 1. The normalized spacial score (nSPS) is 13.5. The zero-order chi connectivity index (χ0) is 15.8. The lowest BCUT2D eigenvalue weighted by Crippen LogP contribution is -2.35. The molecule has 0 amide bonds. The van der Waals surface area contributed by atoms with Crippen LogP contribution in [-0.4, -0.2) is 43.4 Å². The summed E-state index contributed by atoms with van der Waals surface area (Å²) < 4.78 is 25.2. The van der Waals surface area contributed by atoms with E-state index >= 15 is 0 Å². The zero-order valence-electron chi connectivity index (χ0n) is 12.1. The fourth-order valence-corrected chi connectivity index (χ4v) is 3.03. The molecule has 0 bridgehead atoms. The number of likely N-dealkylation sites (N-methyl/N-ethyl adjacent to an activating group) is 1. The second-order valence-corrected chi connectivity index (χ2v) is 7.12. The molecule has 2 rings (SSSR count). The summed E-state index contributed by atoms with van der Waals surface area (Å²) in [5, 5.41) is 12.6. The smallest absolute Gasteiger partial charge is 0.321 e. The zero-order valence-corrected chi connectivity index (χ0v) is 12.9. The van der Waals surface area contributed by atoms with Gasteiger partial charge in [0.1, 0.15) is 6.04 Å².